The summed E-state index contributed by atoms with van der Waals surface area (Å²) in [7, 11) is -4.00. The second-order valence-corrected chi connectivity index (χ2v) is 11.8. The molecular formula is C21H27F2N3O8S2. The number of halogens is 2. The Morgan fingerprint density at radius 1 is 1.11 bits per heavy atom. The number of hydrogen-bond acceptors (Lipinski definition) is 8. The summed E-state index contributed by atoms with van der Waals surface area (Å²) in [6.07, 6.45) is 0.343. The molecule has 15 heteroatoms. The molecule has 0 saturated heterocycles. The summed E-state index contributed by atoms with van der Waals surface area (Å²) in [6, 6.07) is -0.351. The largest absolute Gasteiger partial charge is 0.480 e. The van der Waals surface area contributed by atoms with Crippen molar-refractivity contribution in [2.75, 3.05) is 12.3 Å². The Kier molecular flexibility index (Phi) is 10.6. The van der Waals surface area contributed by atoms with E-state index in [2.05, 4.69) is 10.6 Å². The summed E-state index contributed by atoms with van der Waals surface area (Å²) in [4.78, 5) is 45.7. The second-order valence-electron chi connectivity index (χ2n) is 8.26. The van der Waals surface area contributed by atoms with Gasteiger partial charge in [-0.05, 0) is 37.8 Å². The van der Waals surface area contributed by atoms with Crippen molar-refractivity contribution in [3.63, 3.8) is 0 Å². The first-order chi connectivity index (χ1) is 16.8. The highest BCUT2D eigenvalue weighted by atomic mass is 32.2. The summed E-state index contributed by atoms with van der Waals surface area (Å²) >= 11 is 1.19. The number of carbonyl (C=O) groups excluding carboxylic acids is 2. The maximum atomic E-state index is 13.5. The number of aliphatic carboxylic acids is 2. The molecule has 1 unspecified atom stereocenters. The molecule has 1 saturated carbocycles. The van der Waals surface area contributed by atoms with Crippen LogP contribution in [-0.4, -0.2) is 77.3 Å². The normalized spacial score (nSPS) is 19.3. The van der Waals surface area contributed by atoms with Gasteiger partial charge in [-0.3, -0.25) is 19.2 Å². The lowest BCUT2D eigenvalue weighted by Gasteiger charge is -2.20. The topological polar surface area (TPSA) is 193 Å². The molecule has 1 aliphatic carbocycles. The van der Waals surface area contributed by atoms with Crippen molar-refractivity contribution in [1.82, 2.24) is 10.6 Å². The van der Waals surface area contributed by atoms with Crippen LogP contribution in [0.3, 0.4) is 0 Å². The van der Waals surface area contributed by atoms with Crippen molar-refractivity contribution < 1.29 is 46.6 Å². The minimum atomic E-state index is -4.00. The Morgan fingerprint density at radius 2 is 1.75 bits per heavy atom. The highest BCUT2D eigenvalue weighted by molar-refractivity contribution is 8.00. The number of hydrogen-bond donors (Lipinski definition) is 5. The number of benzene rings is 1. The second kappa shape index (κ2) is 13.0. The lowest BCUT2D eigenvalue weighted by atomic mass is 10.1. The maximum Gasteiger partial charge on any atom is 0.322 e. The zero-order valence-corrected chi connectivity index (χ0v) is 20.6. The number of carboxylic acid groups (broad SMARTS) is 2. The van der Waals surface area contributed by atoms with Gasteiger partial charge in [0.25, 0.3) is 0 Å². The molecule has 0 radical (unpaired) electrons. The third-order valence-electron chi connectivity index (χ3n) is 5.50. The maximum absolute atomic E-state index is 13.5. The molecule has 2 rings (SSSR count). The van der Waals surface area contributed by atoms with Crippen molar-refractivity contribution in [2.45, 2.75) is 59.6 Å². The average molecular weight is 552 g/mol. The van der Waals surface area contributed by atoms with Gasteiger partial charge in [0.05, 0.1) is 10.1 Å². The fourth-order valence-electron chi connectivity index (χ4n) is 3.60. The molecule has 4 atom stereocenters. The van der Waals surface area contributed by atoms with Crippen LogP contribution in [-0.2, 0) is 29.0 Å². The van der Waals surface area contributed by atoms with Crippen molar-refractivity contribution in [3.8, 4) is 0 Å². The number of carbonyl (C=O) groups is 4. The number of nitrogens with two attached hydrogens (primary N) is 1. The zero-order valence-electron chi connectivity index (χ0n) is 19.0. The molecule has 1 aromatic rings. The number of rotatable bonds is 13. The first kappa shape index (κ1) is 29.5. The van der Waals surface area contributed by atoms with Gasteiger partial charge in [0.15, 0.2) is 9.84 Å². The van der Waals surface area contributed by atoms with Crippen molar-refractivity contribution in [3.05, 3.63) is 29.8 Å². The van der Waals surface area contributed by atoms with E-state index in [1.807, 2.05) is 0 Å². The Hall–Kier alpha value is -2.78. The lowest BCUT2D eigenvalue weighted by molar-refractivity contribution is -0.139. The van der Waals surface area contributed by atoms with Gasteiger partial charge in [0, 0.05) is 23.5 Å². The molecule has 1 aromatic carbocycles. The fraction of sp³-hybridized carbons (Fsp3) is 0.524. The first-order valence-corrected chi connectivity index (χ1v) is 13.5. The molecule has 2 amide bonds. The predicted octanol–water partition coefficient (Wildman–Crippen LogP) is 0.271. The van der Waals surface area contributed by atoms with Crippen LogP contribution < -0.4 is 16.4 Å². The van der Waals surface area contributed by atoms with Gasteiger partial charge in [-0.15, -0.1) is 0 Å². The lowest BCUT2D eigenvalue weighted by Crippen LogP contribution is -2.49. The van der Waals surface area contributed by atoms with E-state index in [0.717, 1.165) is 12.1 Å². The molecule has 0 spiro atoms. The molecular weight excluding hydrogens is 524 g/mol. The molecule has 11 nitrogen and oxygen atoms in total. The number of amides is 2. The van der Waals surface area contributed by atoms with E-state index in [4.69, 9.17) is 15.9 Å². The van der Waals surface area contributed by atoms with Crippen LogP contribution in [0.5, 0.6) is 0 Å². The van der Waals surface area contributed by atoms with Gasteiger partial charge in [0.1, 0.15) is 30.3 Å². The molecule has 0 bridgehead atoms. The van der Waals surface area contributed by atoms with Gasteiger partial charge in [0.2, 0.25) is 11.8 Å². The third-order valence-corrected chi connectivity index (χ3v) is 9.13. The quantitative estimate of drug-likeness (QED) is 0.227. The number of sulfone groups is 1. The minimum Gasteiger partial charge on any atom is -0.480 e. The van der Waals surface area contributed by atoms with E-state index in [1.165, 1.54) is 11.8 Å². The Morgan fingerprint density at radius 3 is 2.33 bits per heavy atom. The molecule has 0 aliphatic heterocycles. The summed E-state index contributed by atoms with van der Waals surface area (Å²) in [5.74, 6) is -6.07. The van der Waals surface area contributed by atoms with E-state index < -0.39 is 74.0 Å². The van der Waals surface area contributed by atoms with E-state index >= 15 is 0 Å². The van der Waals surface area contributed by atoms with Crippen LogP contribution in [0.1, 0.15) is 32.1 Å². The van der Waals surface area contributed by atoms with Crippen molar-refractivity contribution >= 4 is 45.4 Å². The molecule has 36 heavy (non-hydrogen) atoms. The summed E-state index contributed by atoms with van der Waals surface area (Å²) in [5, 5.41) is 21.0. The predicted molar refractivity (Wildman–Crippen MR) is 125 cm³/mol. The van der Waals surface area contributed by atoms with Gasteiger partial charge >= 0.3 is 11.9 Å². The summed E-state index contributed by atoms with van der Waals surface area (Å²) in [5.41, 5.74) is 5.37. The minimum absolute atomic E-state index is 0.0196. The van der Waals surface area contributed by atoms with Crippen molar-refractivity contribution in [2.24, 2.45) is 5.73 Å². The average Bonchev–Trinajstić information content (AvgIpc) is 3.27. The molecule has 0 aromatic heterocycles. The van der Waals surface area contributed by atoms with Crippen LogP contribution >= 0.6 is 11.8 Å². The summed E-state index contributed by atoms with van der Waals surface area (Å²) < 4.78 is 52.7. The SMILES string of the molecule is N[C@@H](CCC(=O)N[C@@H](CS[C@@H]1CCC(S(=O)(=O)c2cc(F)cc(F)c2)C1)C(=O)NCC(=O)O)C(=O)O. The Balaban J connectivity index is 2.00. The molecule has 0 heterocycles. The molecule has 6 N–H and O–H groups in total. The van der Waals surface area contributed by atoms with Crippen LogP contribution in [0, 0.1) is 11.6 Å². The Labute approximate surface area is 210 Å². The molecule has 1 fully saturated rings. The van der Waals surface area contributed by atoms with Crippen LogP contribution in [0.2, 0.25) is 0 Å². The smallest absolute Gasteiger partial charge is 0.322 e. The fourth-order valence-corrected chi connectivity index (χ4v) is 6.96. The summed E-state index contributed by atoms with van der Waals surface area (Å²) in [6.45, 7) is -0.687. The van der Waals surface area contributed by atoms with E-state index in [0.29, 0.717) is 12.5 Å². The number of thioether (sulfide) groups is 1. The monoisotopic (exact) mass is 551 g/mol. The first-order valence-electron chi connectivity index (χ1n) is 10.9. The van der Waals surface area contributed by atoms with Gasteiger partial charge in [-0.25, -0.2) is 17.2 Å². The number of carboxylic acids is 2. The third kappa shape index (κ3) is 8.71. The van der Waals surface area contributed by atoms with Gasteiger partial charge < -0.3 is 26.6 Å². The Bertz CT molecular complexity index is 1080. The van der Waals surface area contributed by atoms with Crippen LogP contribution in [0.4, 0.5) is 8.78 Å². The van der Waals surface area contributed by atoms with Crippen LogP contribution in [0.25, 0.3) is 0 Å². The van der Waals surface area contributed by atoms with E-state index in [-0.39, 0.29) is 36.7 Å². The molecule has 1 aliphatic rings. The zero-order chi connectivity index (χ0) is 27.0. The highest BCUT2D eigenvalue weighted by Gasteiger charge is 2.36. The standard InChI is InChI=1S/C21H27F2N3O8S2/c22-11-5-12(23)7-15(6-11)36(33,34)14-2-1-13(8-14)35-10-17(20(30)25-9-19(28)29)26-18(27)4-3-16(24)21(31)32/h5-7,13-14,16-17H,1-4,8-10,24H2,(H,25,30)(H,26,27)(H,28,29)(H,31,32)/t13-,14?,16+,17+/m1/s1. The van der Waals surface area contributed by atoms with Crippen LogP contribution in [0.15, 0.2) is 23.1 Å². The van der Waals surface area contributed by atoms with Crippen molar-refractivity contribution in [1.29, 1.82) is 0 Å². The van der Waals surface area contributed by atoms with E-state index in [1.54, 1.807) is 0 Å². The van der Waals surface area contributed by atoms with Gasteiger partial charge in [-0.1, -0.05) is 0 Å². The highest BCUT2D eigenvalue weighted by Crippen LogP contribution is 2.36. The van der Waals surface area contributed by atoms with E-state index in [9.17, 15) is 36.4 Å². The van der Waals surface area contributed by atoms with Gasteiger partial charge in [-0.2, -0.15) is 11.8 Å². The molecule has 200 valence electrons. The number of nitrogens with one attached hydrogen (secondary N) is 2.